The normalized spacial score (nSPS) is 19.8. The number of H-pyrrole nitrogens is 1. The van der Waals surface area contributed by atoms with E-state index in [0.29, 0.717) is 17.4 Å². The number of piperidine rings is 1. The molecule has 0 amide bonds. The first-order valence-corrected chi connectivity index (χ1v) is 12.0. The van der Waals surface area contributed by atoms with Gasteiger partial charge in [0.2, 0.25) is 0 Å². The van der Waals surface area contributed by atoms with Crippen LogP contribution >= 0.6 is 0 Å². The summed E-state index contributed by atoms with van der Waals surface area (Å²) in [4.78, 5) is 23.1. The van der Waals surface area contributed by atoms with E-state index < -0.39 is 0 Å². The molecule has 1 N–H and O–H groups in total. The van der Waals surface area contributed by atoms with Crippen LogP contribution < -0.4 is 10.4 Å². The first kappa shape index (κ1) is 21.4. The van der Waals surface area contributed by atoms with Gasteiger partial charge in [-0.05, 0) is 54.6 Å². The molecule has 0 spiro atoms. The van der Waals surface area contributed by atoms with Gasteiger partial charge in [0.25, 0.3) is 0 Å². The van der Waals surface area contributed by atoms with Crippen LogP contribution in [0.2, 0.25) is 0 Å². The fraction of sp³-hybridized carbons (Fsp3) is 0.480. The quantitative estimate of drug-likeness (QED) is 0.490. The number of rotatable bonds is 5. The summed E-state index contributed by atoms with van der Waals surface area (Å²) in [5.41, 5.74) is 5.68. The largest absolute Gasteiger partial charge is 0.493 e. The molecule has 0 bridgehead atoms. The summed E-state index contributed by atoms with van der Waals surface area (Å²) in [7, 11) is 1.64. The topological polar surface area (TPSA) is 89.7 Å². The van der Waals surface area contributed by atoms with E-state index in [1.807, 2.05) is 16.8 Å². The fourth-order valence-corrected chi connectivity index (χ4v) is 5.43. The molecule has 178 valence electrons. The third-order valence-corrected chi connectivity index (χ3v) is 7.31. The van der Waals surface area contributed by atoms with Crippen LogP contribution in [-0.2, 0) is 4.74 Å². The van der Waals surface area contributed by atoms with Gasteiger partial charge in [-0.25, -0.2) is 14.3 Å². The van der Waals surface area contributed by atoms with Crippen LogP contribution in [0, 0.1) is 0 Å². The fourth-order valence-electron chi connectivity index (χ4n) is 5.43. The van der Waals surface area contributed by atoms with Gasteiger partial charge in [0.1, 0.15) is 6.33 Å². The number of nitrogens with zero attached hydrogens (tertiary/aromatic N) is 5. The lowest BCUT2D eigenvalue weighted by Crippen LogP contribution is -2.53. The monoisotopic (exact) mass is 462 g/mol. The number of hydrogen-bond donors (Lipinski definition) is 1. The minimum absolute atomic E-state index is 0.0390. The predicted molar refractivity (Wildman–Crippen MR) is 130 cm³/mol. The van der Waals surface area contributed by atoms with Gasteiger partial charge in [0, 0.05) is 18.3 Å². The lowest BCUT2D eigenvalue weighted by atomic mass is 9.92. The van der Waals surface area contributed by atoms with Crippen molar-refractivity contribution >= 4 is 16.7 Å². The van der Waals surface area contributed by atoms with Crippen molar-refractivity contribution in [3.8, 4) is 16.9 Å². The van der Waals surface area contributed by atoms with Gasteiger partial charge in [-0.15, -0.1) is 0 Å². The molecule has 1 aromatic carbocycles. The second-order valence-corrected chi connectivity index (χ2v) is 9.72. The van der Waals surface area contributed by atoms with Gasteiger partial charge >= 0.3 is 5.69 Å². The number of imidazole rings is 1. The van der Waals surface area contributed by atoms with Crippen LogP contribution in [0.3, 0.4) is 0 Å². The number of nitrogens with one attached hydrogen (secondary N) is 1. The molecule has 0 unspecified atom stereocenters. The van der Waals surface area contributed by atoms with Crippen LogP contribution in [0.4, 0.5) is 0 Å². The lowest BCUT2D eigenvalue weighted by molar-refractivity contribution is -0.0751. The van der Waals surface area contributed by atoms with Crippen LogP contribution in [0.15, 0.2) is 35.5 Å². The summed E-state index contributed by atoms with van der Waals surface area (Å²) in [5, 5.41) is 4.31. The van der Waals surface area contributed by atoms with E-state index in [2.05, 4.69) is 45.9 Å². The van der Waals surface area contributed by atoms with E-state index in [9.17, 15) is 4.79 Å². The number of benzene rings is 1. The van der Waals surface area contributed by atoms with Crippen molar-refractivity contribution in [2.24, 2.45) is 0 Å². The molecule has 6 rings (SSSR count). The number of hydrogen-bond acceptors (Lipinski definition) is 6. The lowest BCUT2D eigenvalue weighted by Gasteiger charge is -2.42. The molecule has 2 saturated heterocycles. The van der Waals surface area contributed by atoms with Crippen molar-refractivity contribution in [3.63, 3.8) is 0 Å². The number of fused-ring (bicyclic) bond motifs is 2. The Bertz CT molecular complexity index is 1410. The Hall–Kier alpha value is -3.17. The number of pyridine rings is 1. The van der Waals surface area contributed by atoms with Gasteiger partial charge in [0.15, 0.2) is 11.4 Å². The van der Waals surface area contributed by atoms with E-state index in [1.165, 1.54) is 11.9 Å². The second-order valence-electron chi connectivity index (χ2n) is 9.72. The molecule has 2 aliphatic heterocycles. The van der Waals surface area contributed by atoms with Crippen molar-refractivity contribution in [2.45, 2.75) is 44.7 Å². The van der Waals surface area contributed by atoms with Gasteiger partial charge in [0.05, 0.1) is 43.4 Å². The zero-order valence-electron chi connectivity index (χ0n) is 19.8. The molecule has 0 radical (unpaired) electrons. The van der Waals surface area contributed by atoms with E-state index in [1.54, 1.807) is 11.6 Å². The molecule has 5 heterocycles. The number of ether oxygens (including phenoxy) is 2. The van der Waals surface area contributed by atoms with E-state index in [-0.39, 0.29) is 17.6 Å². The third-order valence-electron chi connectivity index (χ3n) is 7.31. The minimum atomic E-state index is -0.0390. The number of likely N-dealkylation sites (tertiary alicyclic amines) is 1. The van der Waals surface area contributed by atoms with Crippen molar-refractivity contribution in [1.29, 1.82) is 0 Å². The maximum absolute atomic E-state index is 13.2. The summed E-state index contributed by atoms with van der Waals surface area (Å²) in [6.45, 7) is 7.94. The maximum atomic E-state index is 13.2. The second kappa shape index (κ2) is 8.25. The molecule has 2 fully saturated rings. The molecule has 34 heavy (non-hydrogen) atoms. The summed E-state index contributed by atoms with van der Waals surface area (Å²) in [6, 6.07) is 6.93. The zero-order valence-corrected chi connectivity index (χ0v) is 19.8. The van der Waals surface area contributed by atoms with Crippen molar-refractivity contribution in [2.75, 3.05) is 33.4 Å². The summed E-state index contributed by atoms with van der Waals surface area (Å²) in [5.74, 6) is 0.934. The smallest absolute Gasteiger partial charge is 0.326 e. The molecule has 9 heteroatoms. The standard InChI is InChI=1S/C25H30N6O3/c1-15(2)19-9-22-21(8-20(19)16-7-23(33-3)24-26-14-27-30(24)10-16)28-25(32)31(22)17-5-4-6-29(11-17)18-12-34-13-18/h7-10,14-15,17-18H,4-6,11-13H2,1-3H3,(H,28,32)/t17-/m0/s1. The highest BCUT2D eigenvalue weighted by Gasteiger charge is 2.32. The average molecular weight is 463 g/mol. The number of methoxy groups -OCH3 is 1. The van der Waals surface area contributed by atoms with Crippen molar-refractivity contribution in [3.05, 3.63) is 46.8 Å². The average Bonchev–Trinajstić information content (AvgIpc) is 3.39. The molecule has 0 aliphatic carbocycles. The first-order valence-electron chi connectivity index (χ1n) is 12.0. The molecule has 1 atom stereocenters. The Kier molecular flexibility index (Phi) is 5.18. The molecule has 9 nitrogen and oxygen atoms in total. The van der Waals surface area contributed by atoms with Crippen LogP contribution in [0.1, 0.15) is 44.2 Å². The Morgan fingerprint density at radius 1 is 1.21 bits per heavy atom. The first-order chi connectivity index (χ1) is 16.5. The predicted octanol–water partition coefficient (Wildman–Crippen LogP) is 3.21. The summed E-state index contributed by atoms with van der Waals surface area (Å²) < 4.78 is 14.7. The van der Waals surface area contributed by atoms with Crippen LogP contribution in [0.5, 0.6) is 5.75 Å². The van der Waals surface area contributed by atoms with Gasteiger partial charge in [-0.2, -0.15) is 5.10 Å². The Labute approximate surface area is 197 Å². The molecule has 0 saturated carbocycles. The van der Waals surface area contributed by atoms with Crippen molar-refractivity contribution in [1.82, 2.24) is 29.0 Å². The highest BCUT2D eigenvalue weighted by atomic mass is 16.5. The molecule has 4 aromatic rings. The van der Waals surface area contributed by atoms with E-state index in [4.69, 9.17) is 9.47 Å². The maximum Gasteiger partial charge on any atom is 0.326 e. The zero-order chi connectivity index (χ0) is 23.4. The van der Waals surface area contributed by atoms with Gasteiger partial charge < -0.3 is 14.5 Å². The molecule has 3 aromatic heterocycles. The van der Waals surface area contributed by atoms with Crippen LogP contribution in [0.25, 0.3) is 27.8 Å². The Morgan fingerprint density at radius 2 is 2.06 bits per heavy atom. The molecule has 2 aliphatic rings. The van der Waals surface area contributed by atoms with E-state index >= 15 is 0 Å². The van der Waals surface area contributed by atoms with E-state index in [0.717, 1.165) is 61.3 Å². The highest BCUT2D eigenvalue weighted by Crippen LogP contribution is 2.36. The molecular weight excluding hydrogens is 432 g/mol. The van der Waals surface area contributed by atoms with Crippen molar-refractivity contribution < 1.29 is 9.47 Å². The third kappa shape index (κ3) is 3.42. The Morgan fingerprint density at radius 3 is 2.79 bits per heavy atom. The highest BCUT2D eigenvalue weighted by molar-refractivity contribution is 5.85. The number of aromatic amines is 1. The summed E-state index contributed by atoms with van der Waals surface area (Å²) in [6.07, 6.45) is 5.59. The SMILES string of the molecule is COc1cc(-c2cc3[nH]c(=O)n([C@H]4CCCN(C5COC5)C4)c3cc2C(C)C)cn2ncnc12. The summed E-state index contributed by atoms with van der Waals surface area (Å²) >= 11 is 0. The Balaban J connectivity index is 1.47. The van der Waals surface area contributed by atoms with Crippen LogP contribution in [-0.4, -0.2) is 68.5 Å². The molecular formula is C25H30N6O3. The minimum Gasteiger partial charge on any atom is -0.493 e. The van der Waals surface area contributed by atoms with Gasteiger partial charge in [-0.1, -0.05) is 13.8 Å². The number of aromatic nitrogens is 5. The van der Waals surface area contributed by atoms with Gasteiger partial charge in [-0.3, -0.25) is 9.47 Å².